The average Bonchev–Trinajstić information content (AvgIpc) is 2.47. The molecule has 0 saturated heterocycles. The number of hydrogen-bond donors (Lipinski definition) is 1. The molecule has 0 aliphatic rings. The fourth-order valence-electron chi connectivity index (χ4n) is 1.88. The van der Waals surface area contributed by atoms with Gasteiger partial charge in [-0.1, -0.05) is 40.2 Å². The third-order valence-electron chi connectivity index (χ3n) is 2.89. The van der Waals surface area contributed by atoms with E-state index >= 15 is 0 Å². The molecule has 0 aromatic heterocycles. The highest BCUT2D eigenvalue weighted by molar-refractivity contribution is 9.09. The van der Waals surface area contributed by atoms with Crippen molar-refractivity contribution in [2.45, 2.75) is 11.8 Å². The van der Waals surface area contributed by atoms with Crippen LogP contribution in [0.3, 0.4) is 0 Å². The van der Waals surface area contributed by atoms with Crippen molar-refractivity contribution in [2.24, 2.45) is 0 Å². The lowest BCUT2D eigenvalue weighted by Crippen LogP contribution is -2.13. The van der Waals surface area contributed by atoms with Crippen molar-refractivity contribution in [1.29, 1.82) is 5.26 Å². The van der Waals surface area contributed by atoms with E-state index in [4.69, 9.17) is 5.26 Å². The van der Waals surface area contributed by atoms with Crippen molar-refractivity contribution < 1.29 is 4.79 Å². The molecule has 0 saturated carbocycles. The molecular weight excluding hydrogens is 316 g/mol. The lowest BCUT2D eigenvalue weighted by atomic mass is 10.1. The summed E-state index contributed by atoms with van der Waals surface area (Å²) in [6.45, 7) is 2.00. The maximum absolute atomic E-state index is 12.2. The molecule has 2 aromatic rings. The minimum atomic E-state index is -0.220. The summed E-state index contributed by atoms with van der Waals surface area (Å²) in [5.41, 5.74) is 2.72. The molecule has 0 heterocycles. The first-order chi connectivity index (χ1) is 9.61. The molecular formula is C16H13BrN2O. The Morgan fingerprint density at radius 3 is 2.70 bits per heavy atom. The maximum atomic E-state index is 12.2. The van der Waals surface area contributed by atoms with Crippen LogP contribution in [0.1, 0.15) is 33.2 Å². The maximum Gasteiger partial charge on any atom is 0.255 e. The van der Waals surface area contributed by atoms with Gasteiger partial charge in [0.2, 0.25) is 0 Å². The van der Waals surface area contributed by atoms with Crippen LogP contribution >= 0.6 is 15.9 Å². The molecule has 1 unspecified atom stereocenters. The van der Waals surface area contributed by atoms with Gasteiger partial charge in [0.15, 0.2) is 0 Å². The molecule has 0 aliphatic carbocycles. The first-order valence-corrected chi connectivity index (χ1v) is 7.08. The first kappa shape index (κ1) is 14.3. The van der Waals surface area contributed by atoms with Crippen molar-refractivity contribution in [3.63, 3.8) is 0 Å². The molecule has 0 radical (unpaired) electrons. The number of anilines is 1. The molecule has 0 fully saturated rings. The van der Waals surface area contributed by atoms with Gasteiger partial charge in [-0.25, -0.2) is 0 Å². The fraction of sp³-hybridized carbons (Fsp3) is 0.125. The van der Waals surface area contributed by atoms with E-state index in [9.17, 15) is 4.79 Å². The van der Waals surface area contributed by atoms with Crippen molar-refractivity contribution in [3.8, 4) is 6.07 Å². The minimum Gasteiger partial charge on any atom is -0.322 e. The molecule has 1 atom stereocenters. The van der Waals surface area contributed by atoms with Gasteiger partial charge >= 0.3 is 0 Å². The van der Waals surface area contributed by atoms with Gasteiger partial charge in [0.05, 0.1) is 11.6 Å². The van der Waals surface area contributed by atoms with E-state index in [0.717, 1.165) is 11.3 Å². The number of nitrogens with zero attached hydrogens (tertiary/aromatic N) is 1. The Bertz CT molecular complexity index is 674. The van der Waals surface area contributed by atoms with Gasteiger partial charge in [0, 0.05) is 16.1 Å². The predicted octanol–water partition coefficient (Wildman–Crippen LogP) is 4.27. The van der Waals surface area contributed by atoms with E-state index < -0.39 is 0 Å². The van der Waals surface area contributed by atoms with Gasteiger partial charge < -0.3 is 5.32 Å². The number of benzene rings is 2. The number of halogens is 1. The number of hydrogen-bond acceptors (Lipinski definition) is 2. The Kier molecular flexibility index (Phi) is 4.54. The molecule has 3 nitrogen and oxygen atoms in total. The van der Waals surface area contributed by atoms with E-state index in [1.165, 1.54) is 0 Å². The second-order valence-corrected chi connectivity index (χ2v) is 5.72. The largest absolute Gasteiger partial charge is 0.322 e. The molecule has 20 heavy (non-hydrogen) atoms. The number of rotatable bonds is 3. The molecule has 2 rings (SSSR count). The Hall–Kier alpha value is -2.12. The fourth-order valence-corrected chi connectivity index (χ4v) is 2.28. The molecule has 1 amide bonds. The van der Waals surface area contributed by atoms with Crippen molar-refractivity contribution in [2.75, 3.05) is 5.32 Å². The quantitative estimate of drug-likeness (QED) is 0.855. The van der Waals surface area contributed by atoms with E-state index in [0.29, 0.717) is 11.1 Å². The number of para-hydroxylation sites is 1. The standard InChI is InChI=1S/C16H13BrN2O/c1-11(17)14-7-2-3-8-15(14)19-16(20)13-6-4-5-12(9-13)10-18/h2-9,11H,1H3,(H,19,20). The lowest BCUT2D eigenvalue weighted by molar-refractivity contribution is 0.102. The number of alkyl halides is 1. The minimum absolute atomic E-state index is 0.143. The Morgan fingerprint density at radius 1 is 1.25 bits per heavy atom. The van der Waals surface area contributed by atoms with Crippen LogP contribution in [0, 0.1) is 11.3 Å². The summed E-state index contributed by atoms with van der Waals surface area (Å²) in [4.78, 5) is 12.4. The number of nitrogens with one attached hydrogen (secondary N) is 1. The third kappa shape index (κ3) is 3.25. The van der Waals surface area contributed by atoms with E-state index in [1.54, 1.807) is 24.3 Å². The SMILES string of the molecule is CC(Br)c1ccccc1NC(=O)c1cccc(C#N)c1. The van der Waals surface area contributed by atoms with Crippen LogP contribution in [0.25, 0.3) is 0 Å². The number of nitriles is 1. The molecule has 2 aromatic carbocycles. The Labute approximate surface area is 126 Å². The van der Waals surface area contributed by atoms with Crippen molar-refractivity contribution >= 4 is 27.5 Å². The van der Waals surface area contributed by atoms with Crippen molar-refractivity contribution in [3.05, 3.63) is 65.2 Å². The average molecular weight is 329 g/mol. The van der Waals surface area contributed by atoms with Crippen LogP contribution in [0.2, 0.25) is 0 Å². The van der Waals surface area contributed by atoms with E-state index in [1.807, 2.05) is 37.3 Å². The Balaban J connectivity index is 2.26. The summed E-state index contributed by atoms with van der Waals surface area (Å²) in [5.74, 6) is -0.220. The zero-order chi connectivity index (χ0) is 14.5. The summed E-state index contributed by atoms with van der Waals surface area (Å²) < 4.78 is 0. The van der Waals surface area contributed by atoms with E-state index in [-0.39, 0.29) is 10.7 Å². The van der Waals surface area contributed by atoms with Crippen LogP contribution in [-0.4, -0.2) is 5.91 Å². The highest BCUT2D eigenvalue weighted by Crippen LogP contribution is 2.28. The molecule has 1 N–H and O–H groups in total. The number of amides is 1. The monoisotopic (exact) mass is 328 g/mol. The number of carbonyl (C=O) groups excluding carboxylic acids is 1. The highest BCUT2D eigenvalue weighted by atomic mass is 79.9. The molecule has 4 heteroatoms. The predicted molar refractivity (Wildman–Crippen MR) is 82.9 cm³/mol. The first-order valence-electron chi connectivity index (χ1n) is 6.16. The Morgan fingerprint density at radius 2 is 2.00 bits per heavy atom. The molecule has 0 aliphatic heterocycles. The van der Waals surface area contributed by atoms with Crippen LogP contribution in [0.15, 0.2) is 48.5 Å². The number of carbonyl (C=O) groups is 1. The van der Waals surface area contributed by atoms with E-state index in [2.05, 4.69) is 21.2 Å². The summed E-state index contributed by atoms with van der Waals surface area (Å²) in [7, 11) is 0. The van der Waals surface area contributed by atoms with Gasteiger partial charge in [-0.05, 0) is 36.8 Å². The zero-order valence-electron chi connectivity index (χ0n) is 10.9. The molecule has 0 spiro atoms. The summed E-state index contributed by atoms with van der Waals surface area (Å²) >= 11 is 3.51. The summed E-state index contributed by atoms with van der Waals surface area (Å²) in [5, 5.41) is 11.7. The van der Waals surface area contributed by atoms with Crippen molar-refractivity contribution in [1.82, 2.24) is 0 Å². The topological polar surface area (TPSA) is 52.9 Å². The molecule has 100 valence electrons. The summed E-state index contributed by atoms with van der Waals surface area (Å²) in [6.07, 6.45) is 0. The second kappa shape index (κ2) is 6.36. The zero-order valence-corrected chi connectivity index (χ0v) is 12.5. The molecule has 0 bridgehead atoms. The second-order valence-electron chi connectivity index (χ2n) is 4.35. The van der Waals surface area contributed by atoms with Crippen LogP contribution in [0.4, 0.5) is 5.69 Å². The van der Waals surface area contributed by atoms with Crippen LogP contribution in [0.5, 0.6) is 0 Å². The van der Waals surface area contributed by atoms with Gasteiger partial charge in [-0.15, -0.1) is 0 Å². The lowest BCUT2D eigenvalue weighted by Gasteiger charge is -2.12. The normalized spacial score (nSPS) is 11.4. The third-order valence-corrected chi connectivity index (χ3v) is 3.38. The van der Waals surface area contributed by atoms with Gasteiger partial charge in [-0.3, -0.25) is 4.79 Å². The van der Waals surface area contributed by atoms with Crippen LogP contribution < -0.4 is 5.32 Å². The van der Waals surface area contributed by atoms with Gasteiger partial charge in [-0.2, -0.15) is 5.26 Å². The summed E-state index contributed by atoms with van der Waals surface area (Å²) in [6, 6.07) is 16.3. The van der Waals surface area contributed by atoms with Crippen LogP contribution in [-0.2, 0) is 0 Å². The van der Waals surface area contributed by atoms with Gasteiger partial charge in [0.25, 0.3) is 5.91 Å². The smallest absolute Gasteiger partial charge is 0.255 e. The van der Waals surface area contributed by atoms with Gasteiger partial charge in [0.1, 0.15) is 0 Å². The highest BCUT2D eigenvalue weighted by Gasteiger charge is 2.11.